The summed E-state index contributed by atoms with van der Waals surface area (Å²) >= 11 is 0. The van der Waals surface area contributed by atoms with Crippen LogP contribution in [0.25, 0.3) is 0 Å². The van der Waals surface area contributed by atoms with E-state index in [1.165, 1.54) is 0 Å². The fourth-order valence-corrected chi connectivity index (χ4v) is 0.573. The number of hydrazine groups is 1. The van der Waals surface area contributed by atoms with Crippen LogP contribution in [0.5, 0.6) is 0 Å². The molecule has 0 aliphatic rings. The zero-order valence-corrected chi connectivity index (χ0v) is 6.72. The Balaban J connectivity index is 2.95. The van der Waals surface area contributed by atoms with E-state index in [2.05, 4.69) is 5.32 Å². The number of nitrogens with one attached hydrogen (secondary N) is 2. The molecule has 1 amide bonds. The number of carbonyl (C=O) groups is 1. The predicted octanol–water partition coefficient (Wildman–Crippen LogP) is -1.40. The van der Waals surface area contributed by atoms with Crippen molar-refractivity contribution in [3.8, 4) is 0 Å². The van der Waals surface area contributed by atoms with Crippen molar-refractivity contribution < 1.29 is 9.53 Å². The molecule has 0 rings (SSSR count). The van der Waals surface area contributed by atoms with Crippen molar-refractivity contribution in [3.05, 3.63) is 0 Å². The molecule has 66 valence electrons. The fourth-order valence-electron chi connectivity index (χ4n) is 0.573. The lowest BCUT2D eigenvalue weighted by Crippen LogP contribution is -2.33. The second-order valence-electron chi connectivity index (χ2n) is 2.06. The number of ether oxygens (including phenoxy) is 1. The average molecular weight is 161 g/mol. The van der Waals surface area contributed by atoms with Crippen LogP contribution in [-0.2, 0) is 9.53 Å². The number of hydrogen-bond donors (Lipinski definition) is 3. The first kappa shape index (κ1) is 10.3. The minimum absolute atomic E-state index is 0.157. The van der Waals surface area contributed by atoms with Gasteiger partial charge in [0, 0.05) is 26.6 Å². The van der Waals surface area contributed by atoms with E-state index in [-0.39, 0.29) is 5.91 Å². The maximum Gasteiger partial charge on any atom is 0.235 e. The van der Waals surface area contributed by atoms with Gasteiger partial charge in [-0.1, -0.05) is 0 Å². The summed E-state index contributed by atoms with van der Waals surface area (Å²) in [6.07, 6.45) is 0.403. The molecule has 5 nitrogen and oxygen atoms in total. The third kappa shape index (κ3) is 7.24. The molecule has 0 saturated carbocycles. The highest BCUT2D eigenvalue weighted by molar-refractivity contribution is 5.75. The first-order valence-electron chi connectivity index (χ1n) is 3.50. The smallest absolute Gasteiger partial charge is 0.235 e. The number of hydrogen-bond acceptors (Lipinski definition) is 4. The second-order valence-corrected chi connectivity index (χ2v) is 2.06. The quantitative estimate of drug-likeness (QED) is 0.194. The summed E-state index contributed by atoms with van der Waals surface area (Å²) in [5, 5.41) is 3.01. The lowest BCUT2D eigenvalue weighted by Gasteiger charge is -2.02. The van der Waals surface area contributed by atoms with Crippen LogP contribution >= 0.6 is 0 Å². The third-order valence-corrected chi connectivity index (χ3v) is 1.17. The van der Waals surface area contributed by atoms with Crippen LogP contribution in [0.3, 0.4) is 0 Å². The van der Waals surface area contributed by atoms with Gasteiger partial charge in [0.2, 0.25) is 5.91 Å². The molecule has 0 aromatic heterocycles. The minimum Gasteiger partial charge on any atom is -0.383 e. The van der Waals surface area contributed by atoms with Crippen molar-refractivity contribution in [2.24, 2.45) is 5.84 Å². The molecule has 4 N–H and O–H groups in total. The molecule has 5 heteroatoms. The van der Waals surface area contributed by atoms with Crippen LogP contribution in [-0.4, -0.2) is 32.7 Å². The third-order valence-electron chi connectivity index (χ3n) is 1.17. The molecule has 0 saturated heterocycles. The zero-order chi connectivity index (χ0) is 8.53. The van der Waals surface area contributed by atoms with Crippen molar-refractivity contribution in [3.63, 3.8) is 0 Å². The van der Waals surface area contributed by atoms with E-state index in [1.807, 2.05) is 5.43 Å². The summed E-state index contributed by atoms with van der Waals surface area (Å²) in [6, 6.07) is 0. The predicted molar refractivity (Wildman–Crippen MR) is 41.7 cm³/mol. The number of nitrogens with two attached hydrogens (primary N) is 1. The molecular weight excluding hydrogens is 146 g/mol. The van der Waals surface area contributed by atoms with Gasteiger partial charge in [0.05, 0.1) is 6.61 Å². The van der Waals surface area contributed by atoms with Crippen LogP contribution in [0.2, 0.25) is 0 Å². The summed E-state index contributed by atoms with van der Waals surface area (Å²) in [4.78, 5) is 10.5. The zero-order valence-electron chi connectivity index (χ0n) is 6.72. The average Bonchev–Trinajstić information content (AvgIpc) is 2.04. The number of carbonyl (C=O) groups excluding carboxylic acids is 1. The Morgan fingerprint density at radius 3 is 2.82 bits per heavy atom. The Bertz CT molecular complexity index is 108. The molecule has 0 atom stereocenters. The normalized spacial score (nSPS) is 9.64. The number of rotatable bonds is 6. The van der Waals surface area contributed by atoms with Gasteiger partial charge in [0.25, 0.3) is 0 Å². The van der Waals surface area contributed by atoms with Crippen LogP contribution in [0.1, 0.15) is 6.42 Å². The molecule has 0 heterocycles. The Labute approximate surface area is 66.2 Å². The van der Waals surface area contributed by atoms with Crippen molar-refractivity contribution in [1.29, 1.82) is 0 Å². The van der Waals surface area contributed by atoms with Gasteiger partial charge >= 0.3 is 0 Å². The minimum atomic E-state index is -0.157. The highest BCUT2D eigenvalue weighted by Gasteiger charge is 1.95. The van der Waals surface area contributed by atoms with E-state index < -0.39 is 0 Å². The first-order valence-corrected chi connectivity index (χ1v) is 3.50. The molecule has 0 fully saturated rings. The van der Waals surface area contributed by atoms with Gasteiger partial charge in [0.15, 0.2) is 0 Å². The number of amides is 1. The molecule has 0 aliphatic heterocycles. The van der Waals surface area contributed by atoms with Crippen molar-refractivity contribution in [2.45, 2.75) is 6.42 Å². The van der Waals surface area contributed by atoms with Gasteiger partial charge in [-0.25, -0.2) is 5.84 Å². The van der Waals surface area contributed by atoms with Gasteiger partial charge in [-0.05, 0) is 0 Å². The Morgan fingerprint density at radius 1 is 1.55 bits per heavy atom. The van der Waals surface area contributed by atoms with Crippen LogP contribution in [0.4, 0.5) is 0 Å². The Kier molecular flexibility index (Phi) is 7.02. The Morgan fingerprint density at radius 2 is 2.27 bits per heavy atom. The van der Waals surface area contributed by atoms with Gasteiger partial charge in [-0.2, -0.15) is 0 Å². The lowest BCUT2D eigenvalue weighted by atomic mass is 10.4. The standard InChI is InChI=1S/C6H15N3O2/c1-11-5-4-8-3-2-6(10)9-7/h8H,2-5,7H2,1H3,(H,9,10). The van der Waals surface area contributed by atoms with E-state index in [1.54, 1.807) is 7.11 Å². The van der Waals surface area contributed by atoms with E-state index in [9.17, 15) is 4.79 Å². The van der Waals surface area contributed by atoms with Crippen molar-refractivity contribution in [1.82, 2.24) is 10.7 Å². The SMILES string of the molecule is COCCNCCC(=O)NN. The van der Waals surface area contributed by atoms with Gasteiger partial charge in [0.1, 0.15) is 0 Å². The maximum atomic E-state index is 10.5. The molecule has 0 aromatic rings. The molecule has 0 aromatic carbocycles. The summed E-state index contributed by atoms with van der Waals surface area (Å²) < 4.78 is 4.79. The van der Waals surface area contributed by atoms with E-state index >= 15 is 0 Å². The van der Waals surface area contributed by atoms with Gasteiger partial charge in [-0.15, -0.1) is 0 Å². The van der Waals surface area contributed by atoms with Crippen LogP contribution < -0.4 is 16.6 Å². The monoisotopic (exact) mass is 161 g/mol. The van der Waals surface area contributed by atoms with Gasteiger partial charge < -0.3 is 10.1 Å². The maximum absolute atomic E-state index is 10.5. The molecule has 0 bridgehead atoms. The van der Waals surface area contributed by atoms with Crippen molar-refractivity contribution in [2.75, 3.05) is 26.8 Å². The number of methoxy groups -OCH3 is 1. The summed E-state index contributed by atoms with van der Waals surface area (Å²) in [7, 11) is 1.63. The lowest BCUT2D eigenvalue weighted by molar-refractivity contribution is -0.121. The molecule has 0 radical (unpaired) electrons. The van der Waals surface area contributed by atoms with Gasteiger partial charge in [-0.3, -0.25) is 10.2 Å². The topological polar surface area (TPSA) is 76.4 Å². The van der Waals surface area contributed by atoms with E-state index in [0.717, 1.165) is 6.54 Å². The molecular formula is C6H15N3O2. The second kappa shape index (κ2) is 7.46. The summed E-state index contributed by atoms with van der Waals surface area (Å²) in [5.74, 6) is 4.70. The van der Waals surface area contributed by atoms with Crippen molar-refractivity contribution >= 4 is 5.91 Å². The van der Waals surface area contributed by atoms with E-state index in [0.29, 0.717) is 19.6 Å². The summed E-state index contributed by atoms with van der Waals surface area (Å²) in [6.45, 7) is 2.05. The van der Waals surface area contributed by atoms with E-state index in [4.69, 9.17) is 10.6 Å². The molecule has 0 unspecified atom stereocenters. The largest absolute Gasteiger partial charge is 0.383 e. The first-order chi connectivity index (χ1) is 5.31. The molecule has 0 aliphatic carbocycles. The molecule has 11 heavy (non-hydrogen) atoms. The Hall–Kier alpha value is -0.650. The van der Waals surface area contributed by atoms with Crippen LogP contribution in [0, 0.1) is 0 Å². The fraction of sp³-hybridized carbons (Fsp3) is 0.833. The highest BCUT2D eigenvalue weighted by Crippen LogP contribution is 1.73. The molecule has 0 spiro atoms. The van der Waals surface area contributed by atoms with Crippen LogP contribution in [0.15, 0.2) is 0 Å². The highest BCUT2D eigenvalue weighted by atomic mass is 16.5. The summed E-state index contributed by atoms with van der Waals surface area (Å²) in [5.41, 5.74) is 2.05.